The van der Waals surface area contributed by atoms with Gasteiger partial charge < -0.3 is 4.90 Å². The van der Waals surface area contributed by atoms with E-state index in [1.807, 2.05) is 0 Å². The summed E-state index contributed by atoms with van der Waals surface area (Å²) in [7, 11) is 0. The van der Waals surface area contributed by atoms with Gasteiger partial charge in [0.2, 0.25) is 0 Å². The molecular formula is C16H24N2. The van der Waals surface area contributed by atoms with Gasteiger partial charge in [-0.2, -0.15) is 0 Å². The van der Waals surface area contributed by atoms with Crippen LogP contribution in [-0.4, -0.2) is 48.6 Å². The molecule has 2 heterocycles. The molecule has 0 amide bonds. The van der Waals surface area contributed by atoms with E-state index in [9.17, 15) is 0 Å². The zero-order valence-corrected chi connectivity index (χ0v) is 11.2. The Kier molecular flexibility index (Phi) is 3.96. The second-order valence-corrected chi connectivity index (χ2v) is 5.72. The topological polar surface area (TPSA) is 6.48 Å². The van der Waals surface area contributed by atoms with Crippen molar-refractivity contribution in [3.05, 3.63) is 35.9 Å². The quantitative estimate of drug-likeness (QED) is 0.802. The standard InChI is InChI=1S/C16H24N2/c1-2-6-15(7-3-1)8-4-10-17-12-13-18-11-5-9-16(18)14-17/h1-3,6-7,16H,4-5,8-14H2. The van der Waals surface area contributed by atoms with Gasteiger partial charge in [-0.25, -0.2) is 0 Å². The number of fused-ring (bicyclic) bond motifs is 1. The van der Waals surface area contributed by atoms with E-state index in [1.54, 1.807) is 0 Å². The largest absolute Gasteiger partial charge is 0.301 e. The summed E-state index contributed by atoms with van der Waals surface area (Å²) in [6.07, 6.45) is 5.38. The van der Waals surface area contributed by atoms with E-state index in [-0.39, 0.29) is 0 Å². The van der Waals surface area contributed by atoms with Crippen molar-refractivity contribution in [2.45, 2.75) is 31.7 Å². The van der Waals surface area contributed by atoms with Crippen LogP contribution in [0.1, 0.15) is 24.8 Å². The molecule has 2 saturated heterocycles. The van der Waals surface area contributed by atoms with Crippen molar-refractivity contribution in [3.63, 3.8) is 0 Å². The third kappa shape index (κ3) is 2.93. The fourth-order valence-electron chi connectivity index (χ4n) is 3.41. The number of benzene rings is 1. The number of piperazine rings is 1. The molecule has 2 fully saturated rings. The van der Waals surface area contributed by atoms with Crippen LogP contribution in [0.15, 0.2) is 30.3 Å². The molecule has 18 heavy (non-hydrogen) atoms. The molecular weight excluding hydrogens is 220 g/mol. The zero-order valence-electron chi connectivity index (χ0n) is 11.2. The first-order valence-corrected chi connectivity index (χ1v) is 7.42. The van der Waals surface area contributed by atoms with Crippen LogP contribution in [-0.2, 0) is 6.42 Å². The normalized spacial score (nSPS) is 25.2. The lowest BCUT2D eigenvalue weighted by molar-refractivity contribution is 0.104. The molecule has 2 aliphatic rings. The number of rotatable bonds is 4. The molecule has 0 aliphatic carbocycles. The molecule has 1 atom stereocenters. The van der Waals surface area contributed by atoms with Gasteiger partial charge >= 0.3 is 0 Å². The zero-order chi connectivity index (χ0) is 12.2. The van der Waals surface area contributed by atoms with E-state index < -0.39 is 0 Å². The van der Waals surface area contributed by atoms with Crippen molar-refractivity contribution in [2.75, 3.05) is 32.7 Å². The summed E-state index contributed by atoms with van der Waals surface area (Å²) in [5.74, 6) is 0. The first-order valence-electron chi connectivity index (χ1n) is 7.42. The molecule has 2 heteroatoms. The lowest BCUT2D eigenvalue weighted by Crippen LogP contribution is -2.50. The van der Waals surface area contributed by atoms with Crippen LogP contribution in [0.4, 0.5) is 0 Å². The summed E-state index contributed by atoms with van der Waals surface area (Å²) in [6.45, 7) is 6.53. The minimum absolute atomic E-state index is 0.871. The maximum Gasteiger partial charge on any atom is 0.0224 e. The summed E-state index contributed by atoms with van der Waals surface area (Å²) in [6, 6.07) is 11.8. The summed E-state index contributed by atoms with van der Waals surface area (Å²) in [5.41, 5.74) is 1.48. The molecule has 1 aromatic carbocycles. The predicted molar refractivity (Wildman–Crippen MR) is 75.8 cm³/mol. The summed E-state index contributed by atoms with van der Waals surface area (Å²) in [5, 5.41) is 0. The molecule has 0 aromatic heterocycles. The van der Waals surface area contributed by atoms with Gasteiger partial charge in [0.1, 0.15) is 0 Å². The molecule has 3 rings (SSSR count). The van der Waals surface area contributed by atoms with Gasteiger partial charge in [0.15, 0.2) is 0 Å². The van der Waals surface area contributed by atoms with E-state index in [2.05, 4.69) is 40.1 Å². The van der Waals surface area contributed by atoms with E-state index in [0.717, 1.165) is 6.04 Å². The SMILES string of the molecule is c1ccc(CCCN2CCN3CCCC3C2)cc1. The molecule has 0 radical (unpaired) electrons. The molecule has 1 unspecified atom stereocenters. The molecule has 0 bridgehead atoms. The van der Waals surface area contributed by atoms with Crippen molar-refractivity contribution in [2.24, 2.45) is 0 Å². The van der Waals surface area contributed by atoms with Crippen LogP contribution in [0.25, 0.3) is 0 Å². The van der Waals surface area contributed by atoms with Crippen LogP contribution in [0.3, 0.4) is 0 Å². The van der Waals surface area contributed by atoms with Crippen LogP contribution in [0.2, 0.25) is 0 Å². The Morgan fingerprint density at radius 2 is 1.94 bits per heavy atom. The Bertz CT molecular complexity index is 363. The molecule has 98 valence electrons. The molecule has 0 N–H and O–H groups in total. The van der Waals surface area contributed by atoms with Crippen LogP contribution in [0, 0.1) is 0 Å². The Labute approximate surface area is 111 Å². The van der Waals surface area contributed by atoms with Gasteiger partial charge in [-0.3, -0.25) is 4.90 Å². The maximum absolute atomic E-state index is 2.69. The average Bonchev–Trinajstić information content (AvgIpc) is 2.87. The molecule has 2 nitrogen and oxygen atoms in total. The number of hydrogen-bond acceptors (Lipinski definition) is 2. The lowest BCUT2D eigenvalue weighted by Gasteiger charge is -2.37. The molecule has 1 aromatic rings. The molecule has 2 aliphatic heterocycles. The van der Waals surface area contributed by atoms with Gasteiger partial charge in [0, 0.05) is 25.7 Å². The Hall–Kier alpha value is -0.860. The summed E-state index contributed by atoms with van der Waals surface area (Å²) >= 11 is 0. The Balaban J connectivity index is 1.41. The number of aryl methyl sites for hydroxylation is 1. The fourth-order valence-corrected chi connectivity index (χ4v) is 3.41. The van der Waals surface area contributed by atoms with E-state index >= 15 is 0 Å². The number of nitrogens with zero attached hydrogens (tertiary/aromatic N) is 2. The van der Waals surface area contributed by atoms with E-state index in [4.69, 9.17) is 0 Å². The highest BCUT2D eigenvalue weighted by Crippen LogP contribution is 2.21. The van der Waals surface area contributed by atoms with Gasteiger partial charge in [-0.1, -0.05) is 30.3 Å². The summed E-state index contributed by atoms with van der Waals surface area (Å²) in [4.78, 5) is 5.36. The monoisotopic (exact) mass is 244 g/mol. The summed E-state index contributed by atoms with van der Waals surface area (Å²) < 4.78 is 0. The van der Waals surface area contributed by atoms with Crippen molar-refractivity contribution in [1.82, 2.24) is 9.80 Å². The third-order valence-electron chi connectivity index (χ3n) is 4.45. The van der Waals surface area contributed by atoms with Gasteiger partial charge in [-0.05, 0) is 44.3 Å². The second kappa shape index (κ2) is 5.85. The van der Waals surface area contributed by atoms with Gasteiger partial charge in [0.25, 0.3) is 0 Å². The second-order valence-electron chi connectivity index (χ2n) is 5.72. The first kappa shape index (κ1) is 12.2. The maximum atomic E-state index is 2.69. The van der Waals surface area contributed by atoms with Crippen molar-refractivity contribution < 1.29 is 0 Å². The van der Waals surface area contributed by atoms with Crippen molar-refractivity contribution in [3.8, 4) is 0 Å². The highest BCUT2D eigenvalue weighted by molar-refractivity contribution is 5.14. The van der Waals surface area contributed by atoms with Gasteiger partial charge in [-0.15, -0.1) is 0 Å². The van der Waals surface area contributed by atoms with Gasteiger partial charge in [0.05, 0.1) is 0 Å². The Morgan fingerprint density at radius 3 is 2.83 bits per heavy atom. The average molecular weight is 244 g/mol. The Morgan fingerprint density at radius 1 is 1.06 bits per heavy atom. The van der Waals surface area contributed by atoms with Crippen molar-refractivity contribution in [1.29, 1.82) is 0 Å². The van der Waals surface area contributed by atoms with Crippen LogP contribution < -0.4 is 0 Å². The predicted octanol–water partition coefficient (Wildman–Crippen LogP) is 2.40. The highest BCUT2D eigenvalue weighted by Gasteiger charge is 2.29. The van der Waals surface area contributed by atoms with E-state index in [1.165, 1.54) is 64.0 Å². The first-order chi connectivity index (χ1) is 8.92. The molecule has 0 spiro atoms. The molecule has 0 saturated carbocycles. The highest BCUT2D eigenvalue weighted by atomic mass is 15.3. The fraction of sp³-hybridized carbons (Fsp3) is 0.625. The van der Waals surface area contributed by atoms with Crippen LogP contribution in [0.5, 0.6) is 0 Å². The number of hydrogen-bond donors (Lipinski definition) is 0. The van der Waals surface area contributed by atoms with E-state index in [0.29, 0.717) is 0 Å². The minimum atomic E-state index is 0.871. The lowest BCUT2D eigenvalue weighted by atomic mass is 10.1. The van der Waals surface area contributed by atoms with Crippen LogP contribution >= 0.6 is 0 Å². The minimum Gasteiger partial charge on any atom is -0.301 e. The smallest absolute Gasteiger partial charge is 0.0224 e. The van der Waals surface area contributed by atoms with Crippen molar-refractivity contribution >= 4 is 0 Å². The third-order valence-corrected chi connectivity index (χ3v) is 4.45.